The van der Waals surface area contributed by atoms with Crippen molar-refractivity contribution in [1.82, 2.24) is 5.32 Å². The van der Waals surface area contributed by atoms with E-state index in [1.54, 1.807) is 0 Å². The van der Waals surface area contributed by atoms with Crippen LogP contribution in [0.15, 0.2) is 54.6 Å². The molecule has 168 valence electrons. The number of anilines is 1. The largest absolute Gasteiger partial charge is 0.353 e. The molecule has 4 heteroatoms. The van der Waals surface area contributed by atoms with Gasteiger partial charge in [0.1, 0.15) is 11.2 Å². The van der Waals surface area contributed by atoms with E-state index in [0.29, 0.717) is 11.3 Å². The molecule has 0 fully saturated rings. The molecule has 0 unspecified atom stereocenters. The quantitative estimate of drug-likeness (QED) is 0.316. The Morgan fingerprint density at radius 1 is 1.00 bits per heavy atom. The van der Waals surface area contributed by atoms with Crippen molar-refractivity contribution in [3.63, 3.8) is 0 Å². The lowest BCUT2D eigenvalue weighted by Crippen LogP contribution is -2.38. The van der Waals surface area contributed by atoms with Gasteiger partial charge >= 0.3 is 0 Å². The second-order valence-corrected chi connectivity index (χ2v) is 11.4. The molecule has 2 N–H and O–H groups in total. The number of rotatable bonds is 3. The van der Waals surface area contributed by atoms with Crippen molar-refractivity contribution in [2.24, 2.45) is 11.3 Å². The van der Waals surface area contributed by atoms with Crippen LogP contribution in [0.25, 0.3) is 21.5 Å². The third kappa shape index (κ3) is 3.26. The van der Waals surface area contributed by atoms with Crippen molar-refractivity contribution in [2.75, 3.05) is 5.32 Å². The third-order valence-electron chi connectivity index (χ3n) is 8.16. The van der Waals surface area contributed by atoms with Gasteiger partial charge < -0.3 is 10.6 Å². The van der Waals surface area contributed by atoms with Crippen molar-refractivity contribution in [2.45, 2.75) is 52.6 Å². The Hall–Kier alpha value is -2.85. The summed E-state index contributed by atoms with van der Waals surface area (Å²) < 4.78 is 0. The average molecular weight is 455 g/mol. The van der Waals surface area contributed by atoms with Gasteiger partial charge in [-0.1, -0.05) is 75.7 Å². The smallest absolute Gasteiger partial charge is 0.256 e. The van der Waals surface area contributed by atoms with Gasteiger partial charge in [0.25, 0.3) is 5.91 Å². The molecule has 1 aliphatic heterocycles. The van der Waals surface area contributed by atoms with Gasteiger partial charge in [0.2, 0.25) is 0 Å². The highest BCUT2D eigenvalue weighted by atomic mass is 32.1. The van der Waals surface area contributed by atoms with Crippen LogP contribution in [-0.4, -0.2) is 5.91 Å². The minimum absolute atomic E-state index is 0.0662. The molecule has 4 aromatic rings. The summed E-state index contributed by atoms with van der Waals surface area (Å²) in [6.45, 7) is 7.08. The molecular formula is C29H30N2OS. The van der Waals surface area contributed by atoms with Crippen molar-refractivity contribution in [3.05, 3.63) is 76.2 Å². The molecule has 6 rings (SSSR count). The monoisotopic (exact) mass is 454 g/mol. The maximum absolute atomic E-state index is 13.5. The summed E-state index contributed by atoms with van der Waals surface area (Å²) in [6, 6.07) is 19.2. The fourth-order valence-corrected chi connectivity index (χ4v) is 7.11. The zero-order valence-corrected chi connectivity index (χ0v) is 20.3. The summed E-state index contributed by atoms with van der Waals surface area (Å²) in [5.74, 6) is 0.743. The van der Waals surface area contributed by atoms with Crippen LogP contribution < -0.4 is 10.6 Å². The van der Waals surface area contributed by atoms with Gasteiger partial charge in [-0.15, -0.1) is 11.3 Å². The number of fused-ring (bicyclic) bond motifs is 5. The summed E-state index contributed by atoms with van der Waals surface area (Å²) in [5, 5.41) is 12.9. The second kappa shape index (κ2) is 7.59. The zero-order chi connectivity index (χ0) is 22.7. The van der Waals surface area contributed by atoms with Crippen molar-refractivity contribution in [3.8, 4) is 0 Å². The number of carbonyl (C=O) groups excluding carboxylic acids is 1. The van der Waals surface area contributed by atoms with Crippen LogP contribution in [0.4, 0.5) is 5.00 Å². The normalized spacial score (nSPS) is 20.3. The topological polar surface area (TPSA) is 41.1 Å². The number of nitrogens with one attached hydrogen (secondary N) is 2. The molecule has 0 saturated carbocycles. The van der Waals surface area contributed by atoms with E-state index in [4.69, 9.17) is 0 Å². The van der Waals surface area contributed by atoms with E-state index in [9.17, 15) is 4.79 Å². The standard InChI is InChI=1S/C29H30N2OS/c1-4-29(2,3)19-13-14-22-23(16-19)33-28-25(22)27(32)30-26(31-28)24-20-11-7-5-9-17(20)15-18-10-6-8-12-21(18)24/h5-12,15,19,26,31H,4,13-14,16H2,1-3H3,(H,30,32)/t19-,26+/m0/s1. The molecule has 3 nitrogen and oxygen atoms in total. The Balaban J connectivity index is 1.44. The molecule has 3 aromatic carbocycles. The lowest BCUT2D eigenvalue weighted by atomic mass is 9.69. The van der Waals surface area contributed by atoms with Crippen molar-refractivity contribution < 1.29 is 4.79 Å². The lowest BCUT2D eigenvalue weighted by molar-refractivity contribution is 0.0935. The molecule has 0 bridgehead atoms. The number of benzene rings is 3. The molecule has 33 heavy (non-hydrogen) atoms. The summed E-state index contributed by atoms with van der Waals surface area (Å²) in [5.41, 5.74) is 3.66. The fraction of sp³-hybridized carbons (Fsp3) is 0.345. The lowest BCUT2D eigenvalue weighted by Gasteiger charge is -2.36. The highest BCUT2D eigenvalue weighted by molar-refractivity contribution is 7.16. The van der Waals surface area contributed by atoms with Crippen LogP contribution >= 0.6 is 11.3 Å². The van der Waals surface area contributed by atoms with Crippen LogP contribution in [-0.2, 0) is 12.8 Å². The Labute approximate surface area is 199 Å². The van der Waals surface area contributed by atoms with Gasteiger partial charge in [-0.05, 0) is 63.8 Å². The summed E-state index contributed by atoms with van der Waals surface area (Å²) in [4.78, 5) is 14.9. The van der Waals surface area contributed by atoms with Crippen LogP contribution in [0.5, 0.6) is 0 Å². The maximum atomic E-state index is 13.5. The third-order valence-corrected chi connectivity index (χ3v) is 9.35. The molecule has 0 saturated heterocycles. The fourth-order valence-electron chi connectivity index (χ4n) is 5.76. The number of thiophene rings is 1. The molecule has 0 radical (unpaired) electrons. The van der Waals surface area contributed by atoms with Gasteiger partial charge in [0, 0.05) is 10.4 Å². The SMILES string of the molecule is CCC(C)(C)[C@H]1CCc2c(sc3c2C(=O)N[C@@H](c2c4ccccc4cc4ccccc24)N3)C1. The van der Waals surface area contributed by atoms with E-state index >= 15 is 0 Å². The first-order chi connectivity index (χ1) is 16.0. The zero-order valence-electron chi connectivity index (χ0n) is 19.5. The van der Waals surface area contributed by atoms with Gasteiger partial charge in [-0.3, -0.25) is 4.79 Å². The molecular weight excluding hydrogens is 424 g/mol. The van der Waals surface area contributed by atoms with Crippen LogP contribution in [0.3, 0.4) is 0 Å². The molecule has 1 aromatic heterocycles. The summed E-state index contributed by atoms with van der Waals surface area (Å²) in [7, 11) is 0. The van der Waals surface area contributed by atoms with E-state index in [1.165, 1.54) is 44.8 Å². The van der Waals surface area contributed by atoms with Gasteiger partial charge in [-0.2, -0.15) is 0 Å². The van der Waals surface area contributed by atoms with Gasteiger partial charge in [-0.25, -0.2) is 0 Å². The van der Waals surface area contributed by atoms with E-state index < -0.39 is 0 Å². The molecule has 1 amide bonds. The minimum Gasteiger partial charge on any atom is -0.353 e. The molecule has 2 aliphatic rings. The number of hydrogen-bond donors (Lipinski definition) is 2. The van der Waals surface area contributed by atoms with Gasteiger partial charge in [0.05, 0.1) is 5.56 Å². The predicted octanol–water partition coefficient (Wildman–Crippen LogP) is 7.45. The highest BCUT2D eigenvalue weighted by Crippen LogP contribution is 2.47. The summed E-state index contributed by atoms with van der Waals surface area (Å²) in [6.07, 6.45) is 4.20. The average Bonchev–Trinajstić information content (AvgIpc) is 3.20. The van der Waals surface area contributed by atoms with Crippen molar-refractivity contribution >= 4 is 43.8 Å². The molecule has 0 spiro atoms. The van der Waals surface area contributed by atoms with Crippen LogP contribution in [0.2, 0.25) is 0 Å². The first kappa shape index (κ1) is 20.7. The number of hydrogen-bond acceptors (Lipinski definition) is 3. The first-order valence-electron chi connectivity index (χ1n) is 12.1. The van der Waals surface area contributed by atoms with E-state index in [1.807, 2.05) is 11.3 Å². The van der Waals surface area contributed by atoms with E-state index in [0.717, 1.165) is 29.0 Å². The Morgan fingerprint density at radius 2 is 1.67 bits per heavy atom. The summed E-state index contributed by atoms with van der Waals surface area (Å²) >= 11 is 1.81. The first-order valence-corrected chi connectivity index (χ1v) is 12.9. The van der Waals surface area contributed by atoms with Gasteiger partial charge in [0.15, 0.2) is 0 Å². The Kier molecular flexibility index (Phi) is 4.77. The van der Waals surface area contributed by atoms with E-state index in [-0.39, 0.29) is 12.1 Å². The highest BCUT2D eigenvalue weighted by Gasteiger charge is 2.37. The molecule has 2 atom stereocenters. The predicted molar refractivity (Wildman–Crippen MR) is 139 cm³/mol. The molecule has 2 heterocycles. The Bertz CT molecular complexity index is 1350. The van der Waals surface area contributed by atoms with E-state index in [2.05, 4.69) is 86.0 Å². The number of carbonyl (C=O) groups is 1. The minimum atomic E-state index is -0.246. The second-order valence-electron chi connectivity index (χ2n) is 10.3. The van der Waals surface area contributed by atoms with Crippen LogP contribution in [0, 0.1) is 11.3 Å². The maximum Gasteiger partial charge on any atom is 0.256 e. The molecule has 1 aliphatic carbocycles. The Morgan fingerprint density at radius 3 is 2.33 bits per heavy atom. The van der Waals surface area contributed by atoms with Crippen LogP contribution in [0.1, 0.15) is 66.1 Å². The van der Waals surface area contributed by atoms with Crippen molar-refractivity contribution in [1.29, 1.82) is 0 Å². The number of amides is 1.